The highest BCUT2D eigenvalue weighted by Crippen LogP contribution is 2.56. The minimum atomic E-state index is -1.84. The number of hydrogen-bond acceptors (Lipinski definition) is 4. The van der Waals surface area contributed by atoms with Gasteiger partial charge in [-0.2, -0.15) is 0 Å². The monoisotopic (exact) mass is 301 g/mol. The maximum absolute atomic E-state index is 11.7. The largest absolute Gasteiger partial charge is 0.313 e. The van der Waals surface area contributed by atoms with E-state index in [4.69, 9.17) is 0 Å². The smallest absolute Gasteiger partial charge is 0.0451 e. The van der Waals surface area contributed by atoms with Crippen LogP contribution in [0.1, 0.15) is 57.8 Å². The molecule has 20 heavy (non-hydrogen) atoms. The van der Waals surface area contributed by atoms with E-state index in [0.717, 1.165) is 39.3 Å². The zero-order chi connectivity index (χ0) is 13.8. The van der Waals surface area contributed by atoms with E-state index in [1.165, 1.54) is 57.8 Å². The Bertz CT molecular complexity index is 252. The molecule has 3 saturated heterocycles. The number of nitrogens with zero attached hydrogens (tertiary/aromatic N) is 3. The summed E-state index contributed by atoms with van der Waals surface area (Å²) in [4.78, 5) is 0. The fraction of sp³-hybridized carbons (Fsp3) is 1.00. The van der Waals surface area contributed by atoms with Crippen LogP contribution in [0, 0.1) is 0 Å². The molecule has 5 heteroatoms. The van der Waals surface area contributed by atoms with Gasteiger partial charge in [-0.05, 0) is 38.5 Å². The Kier molecular flexibility index (Phi) is 5.26. The van der Waals surface area contributed by atoms with Crippen molar-refractivity contribution in [1.82, 2.24) is 12.9 Å². The molecule has 0 saturated carbocycles. The van der Waals surface area contributed by atoms with Gasteiger partial charge in [0.25, 0.3) is 0 Å². The van der Waals surface area contributed by atoms with Crippen molar-refractivity contribution in [3.05, 3.63) is 0 Å². The second kappa shape index (κ2) is 6.97. The minimum Gasteiger partial charge on any atom is -0.313 e. The number of piperidine rings is 3. The van der Waals surface area contributed by atoms with E-state index in [1.807, 2.05) is 0 Å². The second-order valence-electron chi connectivity index (χ2n) is 6.46. The lowest BCUT2D eigenvalue weighted by Crippen LogP contribution is -2.53. The van der Waals surface area contributed by atoms with Crippen LogP contribution in [-0.2, 0) is 0 Å². The fourth-order valence-electron chi connectivity index (χ4n) is 3.82. The molecule has 0 bridgehead atoms. The van der Waals surface area contributed by atoms with E-state index < -0.39 is 10.9 Å². The first-order chi connectivity index (χ1) is 9.82. The van der Waals surface area contributed by atoms with E-state index in [-0.39, 0.29) is 0 Å². The molecule has 0 radical (unpaired) electrons. The summed E-state index contributed by atoms with van der Waals surface area (Å²) >= 11 is 0. The van der Waals surface area contributed by atoms with Crippen molar-refractivity contribution in [2.75, 3.05) is 39.3 Å². The molecule has 0 aromatic carbocycles. The molecule has 0 atom stereocenters. The molecule has 0 unspecified atom stereocenters. The van der Waals surface area contributed by atoms with E-state index in [2.05, 4.69) is 12.9 Å². The molecule has 0 aliphatic carbocycles. The summed E-state index contributed by atoms with van der Waals surface area (Å²) < 4.78 is 19.1. The lowest BCUT2D eigenvalue weighted by molar-refractivity contribution is 0.220. The molecule has 118 valence electrons. The van der Waals surface area contributed by atoms with Crippen LogP contribution in [0.2, 0.25) is 0 Å². The highest BCUT2D eigenvalue weighted by atomic mass is 32.3. The highest BCUT2D eigenvalue weighted by Gasteiger charge is 2.42. The van der Waals surface area contributed by atoms with Crippen LogP contribution in [-0.4, -0.2) is 56.7 Å². The third-order valence-electron chi connectivity index (χ3n) is 4.98. The predicted octanol–water partition coefficient (Wildman–Crippen LogP) is 3.47. The maximum Gasteiger partial charge on any atom is 0.0451 e. The molecule has 0 aromatic rings. The van der Waals surface area contributed by atoms with Gasteiger partial charge in [0.2, 0.25) is 0 Å². The summed E-state index contributed by atoms with van der Waals surface area (Å²) in [6.07, 6.45) is 11.6. The van der Waals surface area contributed by atoms with E-state index >= 15 is 0 Å². The molecule has 0 aromatic heterocycles. The topological polar surface area (TPSA) is 30.0 Å². The number of hydrogen-bond donors (Lipinski definition) is 1. The summed E-state index contributed by atoms with van der Waals surface area (Å²) in [7, 11) is -1.84. The van der Waals surface area contributed by atoms with Crippen molar-refractivity contribution in [1.29, 1.82) is 0 Å². The molecular formula is C15H31N3OS. The Hall–Kier alpha value is 0.190. The standard InChI is InChI=1S/C15H31N3OS/c19-20(16-10-4-1-5-11-16,17-12-6-2-7-13-17)18-14-8-3-9-15-18/h19H,1-15H2. The Labute approximate surface area is 126 Å². The summed E-state index contributed by atoms with van der Waals surface area (Å²) in [6.45, 7) is 6.58. The van der Waals surface area contributed by atoms with Gasteiger partial charge in [-0.25, -0.2) is 12.9 Å². The van der Waals surface area contributed by atoms with Crippen molar-refractivity contribution in [3.8, 4) is 0 Å². The second-order valence-corrected chi connectivity index (χ2v) is 8.99. The average Bonchev–Trinajstić information content (AvgIpc) is 2.56. The fourth-order valence-corrected chi connectivity index (χ4v) is 7.04. The molecule has 3 aliphatic heterocycles. The van der Waals surface area contributed by atoms with Gasteiger partial charge in [0, 0.05) is 50.1 Å². The van der Waals surface area contributed by atoms with E-state index in [9.17, 15) is 4.55 Å². The van der Waals surface area contributed by atoms with Crippen molar-refractivity contribution in [3.63, 3.8) is 0 Å². The van der Waals surface area contributed by atoms with Gasteiger partial charge in [0.05, 0.1) is 0 Å². The predicted molar refractivity (Wildman–Crippen MR) is 86.5 cm³/mol. The van der Waals surface area contributed by atoms with Crippen LogP contribution in [0.5, 0.6) is 0 Å². The summed E-state index contributed by atoms with van der Waals surface area (Å²) in [5.41, 5.74) is 0. The van der Waals surface area contributed by atoms with Crippen LogP contribution in [0.3, 0.4) is 0 Å². The minimum absolute atomic E-state index is 1.10. The van der Waals surface area contributed by atoms with Gasteiger partial charge in [0.15, 0.2) is 0 Å². The molecule has 0 spiro atoms. The number of rotatable bonds is 3. The van der Waals surface area contributed by atoms with Crippen LogP contribution in [0.4, 0.5) is 0 Å². The highest BCUT2D eigenvalue weighted by molar-refractivity contribution is 8.23. The zero-order valence-electron chi connectivity index (χ0n) is 12.8. The molecule has 3 rings (SSSR count). The van der Waals surface area contributed by atoms with Crippen LogP contribution in [0.25, 0.3) is 0 Å². The summed E-state index contributed by atoms with van der Waals surface area (Å²) in [5, 5.41) is 0. The third-order valence-corrected chi connectivity index (χ3v) is 8.16. The lowest BCUT2D eigenvalue weighted by atomic mass is 10.2. The Balaban J connectivity index is 1.79. The van der Waals surface area contributed by atoms with Crippen molar-refractivity contribution < 1.29 is 4.55 Å². The third kappa shape index (κ3) is 3.02. The summed E-state index contributed by atoms with van der Waals surface area (Å²) in [5.74, 6) is 0. The van der Waals surface area contributed by atoms with Gasteiger partial charge in [0.1, 0.15) is 0 Å². The summed E-state index contributed by atoms with van der Waals surface area (Å²) in [6, 6.07) is 0. The van der Waals surface area contributed by atoms with E-state index in [1.54, 1.807) is 0 Å². The van der Waals surface area contributed by atoms with Crippen molar-refractivity contribution in [2.24, 2.45) is 0 Å². The van der Waals surface area contributed by atoms with Gasteiger partial charge < -0.3 is 4.55 Å². The Morgan fingerprint density at radius 2 is 0.700 bits per heavy atom. The first kappa shape index (κ1) is 15.1. The molecule has 3 aliphatic rings. The Morgan fingerprint density at radius 1 is 0.450 bits per heavy atom. The molecular weight excluding hydrogens is 270 g/mol. The average molecular weight is 302 g/mol. The van der Waals surface area contributed by atoms with Crippen molar-refractivity contribution >= 4 is 10.9 Å². The van der Waals surface area contributed by atoms with Gasteiger partial charge in [-0.1, -0.05) is 19.3 Å². The van der Waals surface area contributed by atoms with Gasteiger partial charge in [-0.15, -0.1) is 0 Å². The molecule has 3 fully saturated rings. The maximum atomic E-state index is 11.7. The van der Waals surface area contributed by atoms with Gasteiger partial charge in [-0.3, -0.25) is 0 Å². The SMILES string of the molecule is OS(N1CCCCC1)(N1CCCCC1)N1CCCCC1. The Morgan fingerprint density at radius 3 is 0.950 bits per heavy atom. The lowest BCUT2D eigenvalue weighted by Gasteiger charge is -2.58. The zero-order valence-corrected chi connectivity index (χ0v) is 13.6. The van der Waals surface area contributed by atoms with Gasteiger partial charge >= 0.3 is 0 Å². The molecule has 1 N–H and O–H groups in total. The molecule has 0 amide bonds. The van der Waals surface area contributed by atoms with Crippen LogP contribution < -0.4 is 0 Å². The van der Waals surface area contributed by atoms with Crippen LogP contribution in [0.15, 0.2) is 0 Å². The normalized spacial score (nSPS) is 29.4. The quantitative estimate of drug-likeness (QED) is 0.864. The van der Waals surface area contributed by atoms with Crippen molar-refractivity contribution in [2.45, 2.75) is 57.8 Å². The first-order valence-electron chi connectivity index (χ1n) is 8.63. The molecule has 4 nitrogen and oxygen atoms in total. The first-order valence-corrected chi connectivity index (χ1v) is 10.1. The molecule has 3 heterocycles. The van der Waals surface area contributed by atoms with Crippen LogP contribution >= 0.6 is 10.9 Å². The van der Waals surface area contributed by atoms with E-state index in [0.29, 0.717) is 0 Å².